The van der Waals surface area contributed by atoms with Crippen molar-refractivity contribution in [2.45, 2.75) is 25.7 Å². The van der Waals surface area contributed by atoms with Gasteiger partial charge in [-0.25, -0.2) is 0 Å². The van der Waals surface area contributed by atoms with Gasteiger partial charge in [-0.15, -0.1) is 0 Å². The summed E-state index contributed by atoms with van der Waals surface area (Å²) >= 11 is 0. The average Bonchev–Trinajstić information content (AvgIpc) is 2.55. The topological polar surface area (TPSA) is 54.0 Å². The maximum atomic E-state index is 11.2. The second-order valence-electron chi connectivity index (χ2n) is 5.75. The van der Waals surface area contributed by atoms with Gasteiger partial charge in [0, 0.05) is 36.3 Å². The van der Waals surface area contributed by atoms with Crippen LogP contribution in [0.3, 0.4) is 0 Å². The van der Waals surface area contributed by atoms with Gasteiger partial charge in [-0.05, 0) is 43.7 Å². The zero-order chi connectivity index (χ0) is 15.4. The van der Waals surface area contributed by atoms with Crippen molar-refractivity contribution >= 4 is 11.6 Å². The highest BCUT2D eigenvalue weighted by Crippen LogP contribution is 2.26. The van der Waals surface area contributed by atoms with Crippen LogP contribution in [0.15, 0.2) is 42.5 Å². The summed E-state index contributed by atoms with van der Waals surface area (Å²) in [4.78, 5) is 16.0. The molecule has 1 aliphatic rings. The molecule has 4 heteroatoms. The first kappa shape index (κ1) is 14.7. The van der Waals surface area contributed by atoms with E-state index in [0.29, 0.717) is 5.92 Å². The Labute approximate surface area is 131 Å². The molecule has 114 valence electrons. The number of carbonyl (C=O) groups is 1. The molecule has 2 N–H and O–H groups in total. The van der Waals surface area contributed by atoms with E-state index in [1.54, 1.807) is 0 Å². The van der Waals surface area contributed by atoms with E-state index in [1.165, 1.54) is 19.8 Å². The molecule has 1 unspecified atom stereocenters. The molecule has 2 aromatic rings. The van der Waals surface area contributed by atoms with E-state index in [-0.39, 0.29) is 5.91 Å². The van der Waals surface area contributed by atoms with Crippen LogP contribution in [-0.2, 0) is 4.79 Å². The Hall–Kier alpha value is -2.20. The molecule has 1 aliphatic heterocycles. The van der Waals surface area contributed by atoms with Gasteiger partial charge in [-0.3, -0.25) is 9.78 Å². The molecule has 0 saturated carbocycles. The van der Waals surface area contributed by atoms with Crippen LogP contribution in [0.5, 0.6) is 0 Å². The Bertz CT molecular complexity index is 663. The van der Waals surface area contributed by atoms with Crippen LogP contribution in [0.2, 0.25) is 0 Å². The van der Waals surface area contributed by atoms with Gasteiger partial charge in [0.15, 0.2) is 0 Å². The standard InChI is InChI=1S/C18H21N3O/c1-13(22)20-16-7-2-5-14(11-16)17-8-3-9-18(21-17)15-6-4-10-19-12-15/h2-3,5,7-9,11,15,19H,4,6,10,12H2,1H3,(H,20,22). The molecule has 22 heavy (non-hydrogen) atoms. The number of nitrogens with one attached hydrogen (secondary N) is 2. The molecule has 0 bridgehead atoms. The monoisotopic (exact) mass is 295 g/mol. The highest BCUT2D eigenvalue weighted by atomic mass is 16.1. The molecule has 3 rings (SSSR count). The number of carbonyl (C=O) groups excluding carboxylic acids is 1. The molecule has 1 aromatic carbocycles. The first-order valence-electron chi connectivity index (χ1n) is 7.78. The van der Waals surface area contributed by atoms with Gasteiger partial charge < -0.3 is 10.6 Å². The summed E-state index contributed by atoms with van der Waals surface area (Å²) in [6.45, 7) is 3.62. The van der Waals surface area contributed by atoms with E-state index < -0.39 is 0 Å². The van der Waals surface area contributed by atoms with Gasteiger partial charge in [-0.1, -0.05) is 18.2 Å². The lowest BCUT2D eigenvalue weighted by molar-refractivity contribution is -0.114. The normalized spacial score (nSPS) is 18.0. The van der Waals surface area contributed by atoms with E-state index in [0.717, 1.165) is 35.7 Å². The molecular weight excluding hydrogens is 274 g/mol. The number of rotatable bonds is 3. The number of hydrogen-bond donors (Lipinski definition) is 2. The number of pyridine rings is 1. The third-order valence-electron chi connectivity index (χ3n) is 3.96. The summed E-state index contributed by atoms with van der Waals surface area (Å²) in [5.74, 6) is 0.430. The number of hydrogen-bond acceptors (Lipinski definition) is 3. The molecule has 4 nitrogen and oxygen atoms in total. The number of aromatic nitrogens is 1. The molecule has 1 fully saturated rings. The predicted octanol–water partition coefficient (Wildman–Crippen LogP) is 3.17. The third-order valence-corrected chi connectivity index (χ3v) is 3.96. The summed E-state index contributed by atoms with van der Waals surface area (Å²) in [6.07, 6.45) is 2.39. The lowest BCUT2D eigenvalue weighted by Crippen LogP contribution is -2.28. The van der Waals surface area contributed by atoms with Gasteiger partial charge in [-0.2, -0.15) is 0 Å². The van der Waals surface area contributed by atoms with Crippen molar-refractivity contribution in [3.05, 3.63) is 48.2 Å². The molecular formula is C18H21N3O. The first-order chi connectivity index (χ1) is 10.7. The van der Waals surface area contributed by atoms with Crippen LogP contribution >= 0.6 is 0 Å². The van der Waals surface area contributed by atoms with Crippen molar-refractivity contribution in [3.63, 3.8) is 0 Å². The van der Waals surface area contributed by atoms with Crippen LogP contribution in [0.4, 0.5) is 5.69 Å². The highest BCUT2D eigenvalue weighted by Gasteiger charge is 2.16. The van der Waals surface area contributed by atoms with Crippen LogP contribution in [0, 0.1) is 0 Å². The Balaban J connectivity index is 1.86. The fourth-order valence-electron chi connectivity index (χ4n) is 2.90. The van der Waals surface area contributed by atoms with E-state index in [1.807, 2.05) is 30.3 Å². The largest absolute Gasteiger partial charge is 0.326 e. The molecule has 0 spiro atoms. The summed E-state index contributed by atoms with van der Waals surface area (Å²) in [7, 11) is 0. The summed E-state index contributed by atoms with van der Waals surface area (Å²) in [5.41, 5.74) is 3.93. The number of benzene rings is 1. The fourth-order valence-corrected chi connectivity index (χ4v) is 2.90. The fraction of sp³-hybridized carbons (Fsp3) is 0.333. The van der Waals surface area contributed by atoms with Crippen molar-refractivity contribution in [1.82, 2.24) is 10.3 Å². The second kappa shape index (κ2) is 6.71. The molecule has 2 heterocycles. The molecule has 0 radical (unpaired) electrons. The van der Waals surface area contributed by atoms with Gasteiger partial charge >= 0.3 is 0 Å². The van der Waals surface area contributed by atoms with Crippen LogP contribution in [0.25, 0.3) is 11.3 Å². The summed E-state index contributed by atoms with van der Waals surface area (Å²) in [5, 5.41) is 6.25. The summed E-state index contributed by atoms with van der Waals surface area (Å²) in [6, 6.07) is 14.0. The van der Waals surface area contributed by atoms with E-state index in [2.05, 4.69) is 22.8 Å². The molecule has 0 aliphatic carbocycles. The lowest BCUT2D eigenvalue weighted by Gasteiger charge is -2.22. The maximum Gasteiger partial charge on any atom is 0.221 e. The average molecular weight is 295 g/mol. The first-order valence-corrected chi connectivity index (χ1v) is 7.78. The Morgan fingerprint density at radius 2 is 2.14 bits per heavy atom. The van der Waals surface area contributed by atoms with Crippen molar-refractivity contribution in [3.8, 4) is 11.3 Å². The van der Waals surface area contributed by atoms with Gasteiger partial charge in [0.1, 0.15) is 0 Å². The van der Waals surface area contributed by atoms with Crippen LogP contribution in [0.1, 0.15) is 31.4 Å². The van der Waals surface area contributed by atoms with Crippen molar-refractivity contribution in [2.24, 2.45) is 0 Å². The minimum absolute atomic E-state index is 0.0628. The lowest BCUT2D eigenvalue weighted by atomic mass is 9.95. The number of amides is 1. The minimum Gasteiger partial charge on any atom is -0.326 e. The van der Waals surface area contributed by atoms with Gasteiger partial charge in [0.05, 0.1) is 5.69 Å². The Kier molecular flexibility index (Phi) is 4.49. The smallest absolute Gasteiger partial charge is 0.221 e. The van der Waals surface area contributed by atoms with Crippen molar-refractivity contribution < 1.29 is 4.79 Å². The van der Waals surface area contributed by atoms with Crippen LogP contribution < -0.4 is 10.6 Å². The van der Waals surface area contributed by atoms with Crippen LogP contribution in [-0.4, -0.2) is 24.0 Å². The van der Waals surface area contributed by atoms with E-state index >= 15 is 0 Å². The molecule has 1 aromatic heterocycles. The number of nitrogens with zero attached hydrogens (tertiary/aromatic N) is 1. The SMILES string of the molecule is CC(=O)Nc1cccc(-c2cccc(C3CCCNC3)n2)c1. The highest BCUT2D eigenvalue weighted by molar-refractivity contribution is 5.89. The third kappa shape index (κ3) is 3.52. The predicted molar refractivity (Wildman–Crippen MR) is 88.8 cm³/mol. The zero-order valence-electron chi connectivity index (χ0n) is 12.8. The molecule has 1 atom stereocenters. The second-order valence-corrected chi connectivity index (χ2v) is 5.75. The summed E-state index contributed by atoms with van der Waals surface area (Å²) < 4.78 is 0. The Morgan fingerprint density at radius 1 is 1.27 bits per heavy atom. The molecule has 1 amide bonds. The minimum atomic E-state index is -0.0628. The van der Waals surface area contributed by atoms with E-state index in [9.17, 15) is 4.79 Å². The van der Waals surface area contributed by atoms with Gasteiger partial charge in [0.25, 0.3) is 0 Å². The number of piperidine rings is 1. The van der Waals surface area contributed by atoms with Crippen molar-refractivity contribution in [1.29, 1.82) is 0 Å². The van der Waals surface area contributed by atoms with Gasteiger partial charge in [0.2, 0.25) is 5.91 Å². The Morgan fingerprint density at radius 3 is 2.91 bits per heavy atom. The zero-order valence-corrected chi connectivity index (χ0v) is 12.8. The molecule has 1 saturated heterocycles. The number of anilines is 1. The quantitative estimate of drug-likeness (QED) is 0.914. The van der Waals surface area contributed by atoms with E-state index in [4.69, 9.17) is 4.98 Å². The maximum absolute atomic E-state index is 11.2. The van der Waals surface area contributed by atoms with Crippen molar-refractivity contribution in [2.75, 3.05) is 18.4 Å².